The molecule has 16 nitrogen and oxygen atoms in total. The first kappa shape index (κ1) is 58.4. The van der Waals surface area contributed by atoms with E-state index in [0.717, 1.165) is 76.1 Å². The number of rotatable bonds is 5. The summed E-state index contributed by atoms with van der Waals surface area (Å²) in [5, 5.41) is 0.778. The second-order valence-corrected chi connectivity index (χ2v) is 21.4. The quantitative estimate of drug-likeness (QED) is 0.117. The Bertz CT molecular complexity index is 3170. The molecule has 0 amide bonds. The van der Waals surface area contributed by atoms with E-state index in [9.17, 15) is 0 Å². The van der Waals surface area contributed by atoms with Gasteiger partial charge >= 0.3 is 14.2 Å². The van der Waals surface area contributed by atoms with Gasteiger partial charge in [-0.2, -0.15) is 0 Å². The lowest BCUT2D eigenvalue weighted by Gasteiger charge is -2.32. The van der Waals surface area contributed by atoms with E-state index in [1.54, 1.807) is 74.0 Å². The number of aryl methyl sites for hydroxylation is 4. The third-order valence-corrected chi connectivity index (χ3v) is 14.5. The molecule has 0 saturated carbocycles. The molecule has 8 N–H and O–H groups in total. The van der Waals surface area contributed by atoms with Crippen LogP contribution in [0, 0.1) is 27.7 Å². The summed E-state index contributed by atoms with van der Waals surface area (Å²) in [6, 6.07) is 19.0. The van der Waals surface area contributed by atoms with Crippen LogP contribution in [0.2, 0.25) is 5.02 Å². The number of nitrogen functional groups attached to an aromatic ring is 4. The first-order chi connectivity index (χ1) is 35.8. The lowest BCUT2D eigenvalue weighted by Crippen LogP contribution is -2.41. The summed E-state index contributed by atoms with van der Waals surface area (Å²) in [7, 11) is -0.882. The van der Waals surface area contributed by atoms with Crippen molar-refractivity contribution in [1.82, 2.24) is 39.9 Å². The summed E-state index contributed by atoms with van der Waals surface area (Å²) in [6.45, 7) is 24.2. The number of aromatic nitrogens is 8. The standard InChI is InChI=1S/C17H22BN3O2.C11H17BN2O2.C11H10BrN3.C11H11N3.C6H6ClN/c1-11-9-20-7-6-13(11)12-8-14(15(19)21-10-12)18-22-16(2,3)17(4,5)23-18;1-10(2)11(3,4)16-12(15-10)8-5-6-9(13)14-7-8;1-7-5-14-3-2-9(7)8-4-10(12)11(13)15-6-8;1-8-6-13-5-4-10(8)9-2-3-11(12)14-7-9;1-5-4-8-3-2-6(5)7/h6-10H,1-5H3,(H2,19,21);5-7H,1-4H3,(H2,13,14);2-6H,1H3,(H2,13,15);2-7H,1H3,(H2,12,14);2-4H,1H3. The summed E-state index contributed by atoms with van der Waals surface area (Å²) in [5.41, 5.74) is 33.8. The SMILES string of the molecule is CC1(C)OB(c2ccc(N)nc2)OC1(C)C.Cc1cnccc1-c1ccc(N)nc1.Cc1cnccc1-c1cnc(N)c(B2OC(C)(C)C(C)(C)O2)c1.Cc1cnccc1-c1cnc(N)c(Br)c1.Cc1cnccc1Cl. The maximum absolute atomic E-state index is 6.10. The lowest BCUT2D eigenvalue weighted by atomic mass is 9.78. The summed E-state index contributed by atoms with van der Waals surface area (Å²) in [5.74, 6) is 1.98. The number of anilines is 4. The van der Waals surface area contributed by atoms with Crippen LogP contribution in [0.4, 0.5) is 23.3 Å². The molecule has 2 fully saturated rings. The first-order valence-electron chi connectivity index (χ1n) is 24.4. The largest absolute Gasteiger partial charge is 0.498 e. The molecule has 20 heteroatoms. The van der Waals surface area contributed by atoms with Gasteiger partial charge in [-0.15, -0.1) is 0 Å². The van der Waals surface area contributed by atoms with E-state index in [-0.39, 0.29) is 18.3 Å². The second kappa shape index (κ2) is 24.9. The molecule has 2 aliphatic heterocycles. The maximum atomic E-state index is 6.10. The highest BCUT2D eigenvalue weighted by Gasteiger charge is 2.53. The fourth-order valence-electron chi connectivity index (χ4n) is 7.34. The topological polar surface area (TPSA) is 244 Å². The molecule has 76 heavy (non-hydrogen) atoms. The van der Waals surface area contributed by atoms with Crippen LogP contribution in [0.3, 0.4) is 0 Å². The van der Waals surface area contributed by atoms with Crippen LogP contribution in [0.15, 0.2) is 139 Å². The minimum atomic E-state index is -0.519. The second-order valence-electron chi connectivity index (χ2n) is 20.2. The van der Waals surface area contributed by atoms with Gasteiger partial charge in [-0.25, -0.2) is 19.9 Å². The zero-order valence-electron chi connectivity index (χ0n) is 45.1. The van der Waals surface area contributed by atoms with Crippen molar-refractivity contribution in [1.29, 1.82) is 0 Å². The molecule has 2 saturated heterocycles. The molecule has 394 valence electrons. The van der Waals surface area contributed by atoms with Crippen molar-refractivity contribution >= 4 is 76.0 Å². The van der Waals surface area contributed by atoms with Gasteiger partial charge in [0, 0.05) is 107 Å². The average Bonchev–Trinajstić information content (AvgIpc) is 3.74. The van der Waals surface area contributed by atoms with E-state index in [2.05, 4.69) is 55.8 Å². The van der Waals surface area contributed by atoms with E-state index >= 15 is 0 Å². The number of hydrogen-bond acceptors (Lipinski definition) is 16. The van der Waals surface area contributed by atoms with Gasteiger partial charge in [0.25, 0.3) is 0 Å². The molecule has 2 aliphatic rings. The molecular formula is C56H66B2BrClN12O4. The maximum Gasteiger partial charge on any atom is 0.498 e. The molecule has 10 heterocycles. The van der Waals surface area contributed by atoms with Gasteiger partial charge in [-0.3, -0.25) is 19.9 Å². The van der Waals surface area contributed by atoms with Crippen molar-refractivity contribution in [2.45, 2.75) is 105 Å². The van der Waals surface area contributed by atoms with Crippen molar-refractivity contribution in [2.24, 2.45) is 0 Å². The fourth-order valence-corrected chi connectivity index (χ4v) is 7.80. The Hall–Kier alpha value is -6.86. The Morgan fingerprint density at radius 3 is 1.22 bits per heavy atom. The van der Waals surface area contributed by atoms with Gasteiger partial charge in [0.15, 0.2) is 0 Å². The number of halogens is 2. The normalized spacial score (nSPS) is 15.3. The number of hydrogen-bond donors (Lipinski definition) is 4. The van der Waals surface area contributed by atoms with Crippen LogP contribution < -0.4 is 33.9 Å². The van der Waals surface area contributed by atoms with Crippen LogP contribution in [-0.4, -0.2) is 76.5 Å². The molecule has 0 spiro atoms. The van der Waals surface area contributed by atoms with E-state index in [0.29, 0.717) is 23.3 Å². The molecule has 10 rings (SSSR count). The van der Waals surface area contributed by atoms with Crippen molar-refractivity contribution in [3.63, 3.8) is 0 Å². The average molecular weight is 1110 g/mol. The number of nitrogens with two attached hydrogens (primary N) is 4. The minimum Gasteiger partial charge on any atom is -0.399 e. The Morgan fingerprint density at radius 2 is 0.829 bits per heavy atom. The highest BCUT2D eigenvalue weighted by molar-refractivity contribution is 9.10. The van der Waals surface area contributed by atoms with Crippen molar-refractivity contribution in [3.8, 4) is 33.4 Å². The summed E-state index contributed by atoms with van der Waals surface area (Å²) in [4.78, 5) is 32.6. The van der Waals surface area contributed by atoms with Gasteiger partial charge in [0.05, 0.1) is 26.9 Å². The first-order valence-corrected chi connectivity index (χ1v) is 25.6. The zero-order valence-corrected chi connectivity index (χ0v) is 47.5. The Balaban J connectivity index is 0.000000159. The molecule has 0 aromatic carbocycles. The molecule has 0 atom stereocenters. The van der Waals surface area contributed by atoms with E-state index in [4.69, 9.17) is 53.2 Å². The minimum absolute atomic E-state index is 0.320. The van der Waals surface area contributed by atoms with Crippen molar-refractivity contribution < 1.29 is 18.6 Å². The molecule has 8 aromatic rings. The highest BCUT2D eigenvalue weighted by Crippen LogP contribution is 2.38. The van der Waals surface area contributed by atoms with Crippen LogP contribution in [0.1, 0.15) is 77.6 Å². The van der Waals surface area contributed by atoms with Crippen LogP contribution in [0.5, 0.6) is 0 Å². The summed E-state index contributed by atoms with van der Waals surface area (Å²) in [6.07, 6.45) is 21.2. The van der Waals surface area contributed by atoms with Gasteiger partial charge in [-0.05, 0) is 193 Å². The third-order valence-electron chi connectivity index (χ3n) is 13.4. The molecule has 0 aliphatic carbocycles. The van der Waals surface area contributed by atoms with Gasteiger partial charge in [0.2, 0.25) is 0 Å². The van der Waals surface area contributed by atoms with Gasteiger partial charge in [-0.1, -0.05) is 17.7 Å². The lowest BCUT2D eigenvalue weighted by molar-refractivity contribution is 0.00578. The summed E-state index contributed by atoms with van der Waals surface area (Å²) < 4.78 is 24.8. The van der Waals surface area contributed by atoms with Crippen molar-refractivity contribution in [3.05, 3.63) is 167 Å². The molecule has 0 bridgehead atoms. The van der Waals surface area contributed by atoms with E-state index in [1.165, 1.54) is 0 Å². The highest BCUT2D eigenvalue weighted by atomic mass is 79.9. The van der Waals surface area contributed by atoms with Gasteiger partial charge < -0.3 is 41.6 Å². The van der Waals surface area contributed by atoms with Crippen LogP contribution in [-0.2, 0) is 18.6 Å². The molecule has 8 aromatic heterocycles. The molecule has 0 unspecified atom stereocenters. The predicted molar refractivity (Wildman–Crippen MR) is 312 cm³/mol. The number of nitrogens with zero attached hydrogens (tertiary/aromatic N) is 8. The van der Waals surface area contributed by atoms with E-state index < -0.39 is 18.3 Å². The number of pyridine rings is 8. The smallest absolute Gasteiger partial charge is 0.399 e. The molecule has 0 radical (unpaired) electrons. The summed E-state index contributed by atoms with van der Waals surface area (Å²) >= 11 is 9.03. The molecular weight excluding hydrogens is 1040 g/mol. The van der Waals surface area contributed by atoms with Crippen LogP contribution >= 0.6 is 27.5 Å². The van der Waals surface area contributed by atoms with Gasteiger partial charge in [0.1, 0.15) is 23.3 Å². The monoisotopic (exact) mass is 1110 g/mol. The van der Waals surface area contributed by atoms with Crippen LogP contribution in [0.25, 0.3) is 33.4 Å². The fraction of sp³-hybridized carbons (Fsp3) is 0.286. The van der Waals surface area contributed by atoms with E-state index in [1.807, 2.05) is 144 Å². The van der Waals surface area contributed by atoms with Crippen molar-refractivity contribution in [2.75, 3.05) is 22.9 Å². The third kappa shape index (κ3) is 14.7. The Labute approximate surface area is 460 Å². The Morgan fingerprint density at radius 1 is 0.434 bits per heavy atom. The Kier molecular flexibility index (Phi) is 19.1. The predicted octanol–water partition coefficient (Wildman–Crippen LogP) is 10.2. The zero-order chi connectivity index (χ0) is 55.6.